The van der Waals surface area contributed by atoms with E-state index in [1.807, 2.05) is 32.9 Å². The minimum Gasteiger partial charge on any atom is -0.454 e. The van der Waals surface area contributed by atoms with Crippen LogP contribution in [0.2, 0.25) is 0 Å². The van der Waals surface area contributed by atoms with E-state index in [1.165, 1.54) is 5.06 Å². The van der Waals surface area contributed by atoms with E-state index in [4.69, 9.17) is 9.47 Å². The molecule has 0 aliphatic carbocycles. The molecule has 0 unspecified atom stereocenters. The highest BCUT2D eigenvalue weighted by Gasteiger charge is 2.29. The van der Waals surface area contributed by atoms with Gasteiger partial charge in [0.1, 0.15) is 0 Å². The van der Waals surface area contributed by atoms with E-state index in [2.05, 4.69) is 4.99 Å². The van der Waals surface area contributed by atoms with Crippen molar-refractivity contribution in [2.75, 3.05) is 6.79 Å². The van der Waals surface area contributed by atoms with Crippen LogP contribution in [0.3, 0.4) is 0 Å². The Bertz CT molecular complexity index is 607. The third-order valence-electron chi connectivity index (χ3n) is 3.11. The topological polar surface area (TPSA) is 54.3 Å². The van der Waals surface area contributed by atoms with E-state index >= 15 is 0 Å². The Morgan fingerprint density at radius 2 is 1.94 bits per heavy atom. The van der Waals surface area contributed by atoms with Gasteiger partial charge in [0.05, 0.1) is 11.1 Å². The Morgan fingerprint density at radius 1 is 1.29 bits per heavy atom. The highest BCUT2D eigenvalue weighted by atomic mass is 16.7. The Balaban J connectivity index is 2.37. The number of hydrogen-bond donors (Lipinski definition) is 1. The van der Waals surface area contributed by atoms with Gasteiger partial charge >= 0.3 is 0 Å². The van der Waals surface area contributed by atoms with Gasteiger partial charge in [-0.2, -0.15) is 0 Å². The molecule has 2 heterocycles. The Morgan fingerprint density at radius 3 is 2.65 bits per heavy atom. The van der Waals surface area contributed by atoms with Crippen LogP contribution in [0.5, 0.6) is 11.5 Å². The summed E-state index contributed by atoms with van der Waals surface area (Å²) in [5.41, 5.74) is 0.100. The van der Waals surface area contributed by atoms with Crippen molar-refractivity contribution in [3.63, 3.8) is 0 Å². The van der Waals surface area contributed by atoms with Crippen LogP contribution in [0.25, 0.3) is 5.70 Å². The van der Waals surface area contributed by atoms with Crippen LogP contribution in [0.1, 0.15) is 20.8 Å². The monoisotopic (exact) mass is 234 g/mol. The number of hydroxylamine groups is 2. The lowest BCUT2D eigenvalue weighted by atomic mass is 10.1. The number of fused-ring (bicyclic) bond motifs is 2. The van der Waals surface area contributed by atoms with Gasteiger partial charge in [0.25, 0.3) is 0 Å². The zero-order chi connectivity index (χ0) is 12.2. The molecule has 5 nitrogen and oxygen atoms in total. The molecule has 0 saturated carbocycles. The first-order valence-corrected chi connectivity index (χ1v) is 5.48. The average Bonchev–Trinajstić information content (AvgIpc) is 2.71. The maximum atomic E-state index is 10.0. The van der Waals surface area contributed by atoms with Gasteiger partial charge in [-0.05, 0) is 26.8 Å². The maximum Gasteiger partial charge on any atom is 0.231 e. The first kappa shape index (κ1) is 10.4. The number of benzene rings is 1. The number of hydrogen-bond acceptors (Lipinski definition) is 5. The molecule has 0 aromatic heterocycles. The summed E-state index contributed by atoms with van der Waals surface area (Å²) in [6.45, 7) is 5.80. The van der Waals surface area contributed by atoms with Crippen LogP contribution in [0, 0.1) is 0 Å². The Labute approximate surface area is 98.6 Å². The van der Waals surface area contributed by atoms with E-state index in [0.29, 0.717) is 11.5 Å². The summed E-state index contributed by atoms with van der Waals surface area (Å²) >= 11 is 0. The lowest BCUT2D eigenvalue weighted by Crippen LogP contribution is -2.49. The normalized spacial score (nSPS) is 20.0. The number of nitrogens with zero attached hydrogens (tertiary/aromatic N) is 2. The second kappa shape index (κ2) is 3.13. The number of rotatable bonds is 0. The van der Waals surface area contributed by atoms with E-state index < -0.39 is 5.66 Å². The second-order valence-corrected chi connectivity index (χ2v) is 4.73. The third-order valence-corrected chi connectivity index (χ3v) is 3.11. The molecular weight excluding hydrogens is 220 g/mol. The molecular formula is C12H14N2O3. The van der Waals surface area contributed by atoms with Crippen LogP contribution in [0.4, 0.5) is 0 Å². The van der Waals surface area contributed by atoms with E-state index in [0.717, 1.165) is 16.3 Å². The fourth-order valence-corrected chi connectivity index (χ4v) is 2.18. The SMILES string of the molecule is CC1=c2cc3c(cc2=NC(C)(C)N1O)OCO3. The summed E-state index contributed by atoms with van der Waals surface area (Å²) in [6, 6.07) is 3.71. The van der Waals surface area contributed by atoms with Gasteiger partial charge in [0.15, 0.2) is 17.2 Å². The molecule has 0 amide bonds. The van der Waals surface area contributed by atoms with Crippen molar-refractivity contribution in [1.82, 2.24) is 5.06 Å². The zero-order valence-electron chi connectivity index (χ0n) is 10.0. The minimum atomic E-state index is -0.662. The summed E-state index contributed by atoms with van der Waals surface area (Å²) in [4.78, 5) is 4.51. The van der Waals surface area contributed by atoms with E-state index in [-0.39, 0.29) is 6.79 Å². The fourth-order valence-electron chi connectivity index (χ4n) is 2.18. The molecule has 0 bridgehead atoms. The maximum absolute atomic E-state index is 10.0. The van der Waals surface area contributed by atoms with Crippen molar-refractivity contribution in [1.29, 1.82) is 0 Å². The molecule has 1 aromatic carbocycles. The summed E-state index contributed by atoms with van der Waals surface area (Å²) in [6.07, 6.45) is 0. The molecule has 2 aliphatic rings. The van der Waals surface area contributed by atoms with Crippen molar-refractivity contribution in [2.45, 2.75) is 26.4 Å². The molecule has 0 atom stereocenters. The Hall–Kier alpha value is -1.75. The molecule has 17 heavy (non-hydrogen) atoms. The Kier molecular flexibility index (Phi) is 1.92. The van der Waals surface area contributed by atoms with Crippen LogP contribution in [-0.4, -0.2) is 22.7 Å². The highest BCUT2D eigenvalue weighted by Crippen LogP contribution is 2.29. The molecule has 0 fully saturated rings. The standard InChI is InChI=1S/C12H14N2O3/c1-7-8-4-10-11(17-6-16-10)5-9(8)13-12(2,3)14(7)15/h4-5,15H,6H2,1-3H3. The summed E-state index contributed by atoms with van der Waals surface area (Å²) in [7, 11) is 0. The van der Waals surface area contributed by atoms with E-state index in [9.17, 15) is 5.21 Å². The molecule has 1 aromatic rings. The van der Waals surface area contributed by atoms with Crippen molar-refractivity contribution < 1.29 is 14.7 Å². The lowest BCUT2D eigenvalue weighted by Gasteiger charge is -2.34. The van der Waals surface area contributed by atoms with Gasteiger partial charge in [-0.3, -0.25) is 10.2 Å². The van der Waals surface area contributed by atoms with Gasteiger partial charge in [-0.1, -0.05) is 0 Å². The summed E-state index contributed by atoms with van der Waals surface area (Å²) in [5, 5.41) is 12.9. The molecule has 2 aliphatic heterocycles. The molecule has 5 heteroatoms. The predicted octanol–water partition coefficient (Wildman–Crippen LogP) is 0.604. The van der Waals surface area contributed by atoms with E-state index in [1.54, 1.807) is 0 Å². The van der Waals surface area contributed by atoms with Gasteiger partial charge in [-0.15, -0.1) is 0 Å². The summed E-state index contributed by atoms with van der Waals surface area (Å²) in [5.74, 6) is 1.41. The first-order valence-electron chi connectivity index (χ1n) is 5.48. The fraction of sp³-hybridized carbons (Fsp3) is 0.417. The average molecular weight is 234 g/mol. The number of ether oxygens (including phenoxy) is 2. The predicted molar refractivity (Wildman–Crippen MR) is 60.1 cm³/mol. The van der Waals surface area contributed by atoms with Crippen molar-refractivity contribution in [3.05, 3.63) is 22.7 Å². The first-order chi connectivity index (χ1) is 7.99. The minimum absolute atomic E-state index is 0.240. The smallest absolute Gasteiger partial charge is 0.231 e. The summed E-state index contributed by atoms with van der Waals surface area (Å²) < 4.78 is 10.6. The molecule has 90 valence electrons. The highest BCUT2D eigenvalue weighted by molar-refractivity contribution is 5.49. The van der Waals surface area contributed by atoms with Crippen molar-refractivity contribution >= 4 is 5.70 Å². The molecule has 0 spiro atoms. The second-order valence-electron chi connectivity index (χ2n) is 4.73. The van der Waals surface area contributed by atoms with Crippen LogP contribution >= 0.6 is 0 Å². The largest absolute Gasteiger partial charge is 0.454 e. The molecule has 0 saturated heterocycles. The van der Waals surface area contributed by atoms with Crippen molar-refractivity contribution in [3.8, 4) is 11.5 Å². The van der Waals surface area contributed by atoms with Gasteiger partial charge in [0, 0.05) is 11.3 Å². The van der Waals surface area contributed by atoms with Crippen LogP contribution in [0.15, 0.2) is 17.1 Å². The lowest BCUT2D eigenvalue weighted by molar-refractivity contribution is -0.107. The third kappa shape index (κ3) is 1.39. The molecule has 0 radical (unpaired) electrons. The molecule has 3 rings (SSSR count). The van der Waals surface area contributed by atoms with Crippen LogP contribution in [-0.2, 0) is 0 Å². The quantitative estimate of drug-likeness (QED) is 0.714. The van der Waals surface area contributed by atoms with Gasteiger partial charge in [0.2, 0.25) is 6.79 Å². The van der Waals surface area contributed by atoms with Gasteiger partial charge < -0.3 is 9.47 Å². The van der Waals surface area contributed by atoms with Crippen molar-refractivity contribution in [2.24, 2.45) is 4.99 Å². The van der Waals surface area contributed by atoms with Crippen LogP contribution < -0.4 is 20.0 Å². The zero-order valence-corrected chi connectivity index (χ0v) is 10.0. The van der Waals surface area contributed by atoms with Gasteiger partial charge in [-0.25, -0.2) is 5.06 Å². The molecule has 1 N–H and O–H groups in total.